The van der Waals surface area contributed by atoms with Gasteiger partial charge in [0.05, 0.1) is 5.60 Å². The lowest BCUT2D eigenvalue weighted by molar-refractivity contribution is -0.134. The number of hydrogen-bond donors (Lipinski definition) is 3. The number of carbonyl (C=O) groups excluding carboxylic acids is 2. The number of halogens is 1. The van der Waals surface area contributed by atoms with Crippen molar-refractivity contribution >= 4 is 33.8 Å². The first-order valence-electron chi connectivity index (χ1n) is 11.5. The molecule has 0 radical (unpaired) electrons. The number of nitrogens with zero attached hydrogens (tertiary/aromatic N) is 1. The van der Waals surface area contributed by atoms with E-state index in [0.717, 1.165) is 41.5 Å². The highest BCUT2D eigenvalue weighted by molar-refractivity contribution is 9.10. The molecule has 0 spiro atoms. The van der Waals surface area contributed by atoms with Crippen molar-refractivity contribution in [3.8, 4) is 0 Å². The number of rotatable bonds is 5. The van der Waals surface area contributed by atoms with E-state index in [2.05, 4.69) is 26.6 Å². The van der Waals surface area contributed by atoms with Crippen LogP contribution < -0.4 is 10.6 Å². The molecule has 2 aliphatic rings. The second kappa shape index (κ2) is 10.6. The molecular weight excluding hydrogens is 482 g/mol. The zero-order chi connectivity index (χ0) is 23.3. The van der Waals surface area contributed by atoms with Crippen molar-refractivity contribution in [2.75, 3.05) is 26.2 Å². The molecular formula is C26H30BrN3O3. The van der Waals surface area contributed by atoms with Crippen LogP contribution in [0.5, 0.6) is 0 Å². The summed E-state index contributed by atoms with van der Waals surface area (Å²) in [6.45, 7) is 2.45. The summed E-state index contributed by atoms with van der Waals surface area (Å²) in [4.78, 5) is 28.1. The van der Waals surface area contributed by atoms with Crippen molar-refractivity contribution in [3.63, 3.8) is 0 Å². The van der Waals surface area contributed by atoms with E-state index in [9.17, 15) is 14.7 Å². The lowest BCUT2D eigenvalue weighted by Gasteiger charge is -2.39. The third-order valence-electron chi connectivity index (χ3n) is 6.57. The summed E-state index contributed by atoms with van der Waals surface area (Å²) in [5.41, 5.74) is 1.05. The first-order chi connectivity index (χ1) is 15.9. The van der Waals surface area contributed by atoms with Crippen LogP contribution in [0.1, 0.15) is 36.8 Å². The average molecular weight is 512 g/mol. The fraction of sp³-hybridized carbons (Fsp3) is 0.385. The van der Waals surface area contributed by atoms with Crippen molar-refractivity contribution in [2.24, 2.45) is 5.92 Å². The molecule has 0 bridgehead atoms. The Bertz CT molecular complexity index is 993. The molecule has 2 aliphatic heterocycles. The van der Waals surface area contributed by atoms with Gasteiger partial charge in [0.15, 0.2) is 0 Å². The van der Waals surface area contributed by atoms with Gasteiger partial charge in [-0.1, -0.05) is 58.4 Å². The molecule has 2 amide bonds. The topological polar surface area (TPSA) is 81.7 Å². The molecule has 0 aliphatic carbocycles. The van der Waals surface area contributed by atoms with Crippen molar-refractivity contribution < 1.29 is 14.7 Å². The highest BCUT2D eigenvalue weighted by Crippen LogP contribution is 2.34. The number of benzene rings is 2. The number of hydrogen-bond acceptors (Lipinski definition) is 4. The van der Waals surface area contributed by atoms with Crippen LogP contribution in [0, 0.1) is 5.92 Å². The minimum atomic E-state index is -0.959. The van der Waals surface area contributed by atoms with Gasteiger partial charge < -0.3 is 20.6 Å². The van der Waals surface area contributed by atoms with Gasteiger partial charge in [0.1, 0.15) is 5.70 Å². The molecule has 2 aromatic rings. The molecule has 0 aromatic heterocycles. The second-order valence-electron chi connectivity index (χ2n) is 8.81. The molecule has 0 unspecified atom stereocenters. The number of aliphatic hydroxyl groups is 1. The summed E-state index contributed by atoms with van der Waals surface area (Å²) in [7, 11) is 0. The Kier molecular flexibility index (Phi) is 7.63. The van der Waals surface area contributed by atoms with Gasteiger partial charge in [0, 0.05) is 23.5 Å². The molecule has 2 heterocycles. The van der Waals surface area contributed by atoms with Crippen LogP contribution in [0.2, 0.25) is 0 Å². The Labute approximate surface area is 203 Å². The first kappa shape index (κ1) is 23.7. The normalized spacial score (nSPS) is 19.2. The number of amides is 2. The van der Waals surface area contributed by atoms with Crippen LogP contribution in [0.25, 0.3) is 6.08 Å². The number of carbonyl (C=O) groups is 2. The average Bonchev–Trinajstić information content (AvgIpc) is 2.85. The van der Waals surface area contributed by atoms with Crippen LogP contribution in [-0.2, 0) is 15.2 Å². The minimum Gasteiger partial charge on any atom is -0.385 e. The van der Waals surface area contributed by atoms with E-state index in [1.807, 2.05) is 54.6 Å². The lowest BCUT2D eigenvalue weighted by atomic mass is 9.84. The van der Waals surface area contributed by atoms with Gasteiger partial charge in [-0.3, -0.25) is 9.59 Å². The Morgan fingerprint density at radius 1 is 1.03 bits per heavy atom. The molecule has 2 aromatic carbocycles. The van der Waals surface area contributed by atoms with Gasteiger partial charge >= 0.3 is 0 Å². The van der Waals surface area contributed by atoms with Crippen LogP contribution in [0.3, 0.4) is 0 Å². The third-order valence-corrected chi connectivity index (χ3v) is 7.10. The molecule has 3 N–H and O–H groups in total. The summed E-state index contributed by atoms with van der Waals surface area (Å²) in [5.74, 6) is -0.406. The van der Waals surface area contributed by atoms with Crippen LogP contribution in [0.4, 0.5) is 0 Å². The van der Waals surface area contributed by atoms with Crippen LogP contribution in [0.15, 0.2) is 64.8 Å². The fourth-order valence-corrected chi connectivity index (χ4v) is 4.75. The van der Waals surface area contributed by atoms with Gasteiger partial charge in [-0.2, -0.15) is 0 Å². The van der Waals surface area contributed by atoms with E-state index >= 15 is 0 Å². The van der Waals surface area contributed by atoms with E-state index in [4.69, 9.17) is 0 Å². The lowest BCUT2D eigenvalue weighted by Crippen LogP contribution is -2.48. The SMILES string of the molecule is O=C(N/C(=C\c1ccccc1)C(=O)N1CCC(O)(c2ccc(Br)cc2)CC1)C1CCNCC1. The maximum absolute atomic E-state index is 13.5. The summed E-state index contributed by atoms with van der Waals surface area (Å²) in [6.07, 6.45) is 4.17. The van der Waals surface area contributed by atoms with Crippen molar-refractivity contribution in [1.82, 2.24) is 15.5 Å². The van der Waals surface area contributed by atoms with Crippen molar-refractivity contribution in [1.29, 1.82) is 0 Å². The summed E-state index contributed by atoms with van der Waals surface area (Å²) in [6, 6.07) is 17.2. The van der Waals surface area contributed by atoms with Gasteiger partial charge in [0.25, 0.3) is 5.91 Å². The van der Waals surface area contributed by atoms with Crippen molar-refractivity contribution in [2.45, 2.75) is 31.3 Å². The van der Waals surface area contributed by atoms with Gasteiger partial charge in [-0.25, -0.2) is 0 Å². The van der Waals surface area contributed by atoms with E-state index in [-0.39, 0.29) is 17.7 Å². The minimum absolute atomic E-state index is 0.0953. The van der Waals surface area contributed by atoms with Crippen LogP contribution >= 0.6 is 15.9 Å². The Morgan fingerprint density at radius 3 is 2.30 bits per heavy atom. The maximum Gasteiger partial charge on any atom is 0.270 e. The quantitative estimate of drug-likeness (QED) is 0.537. The fourth-order valence-electron chi connectivity index (χ4n) is 4.48. The third kappa shape index (κ3) is 5.91. The Balaban J connectivity index is 1.48. The first-order valence-corrected chi connectivity index (χ1v) is 12.3. The van der Waals surface area contributed by atoms with E-state index < -0.39 is 5.60 Å². The predicted octanol–water partition coefficient (Wildman–Crippen LogP) is 3.42. The highest BCUT2D eigenvalue weighted by atomic mass is 79.9. The zero-order valence-corrected chi connectivity index (χ0v) is 20.2. The summed E-state index contributed by atoms with van der Waals surface area (Å²) >= 11 is 3.43. The van der Waals surface area contributed by atoms with Gasteiger partial charge in [0.2, 0.25) is 5.91 Å². The molecule has 6 nitrogen and oxygen atoms in total. The maximum atomic E-state index is 13.5. The van der Waals surface area contributed by atoms with Gasteiger partial charge in [-0.05, 0) is 68.1 Å². The largest absolute Gasteiger partial charge is 0.385 e. The van der Waals surface area contributed by atoms with E-state index in [1.54, 1.807) is 11.0 Å². The van der Waals surface area contributed by atoms with E-state index in [0.29, 0.717) is 31.6 Å². The molecule has 174 valence electrons. The van der Waals surface area contributed by atoms with Crippen molar-refractivity contribution in [3.05, 3.63) is 75.9 Å². The molecule has 33 heavy (non-hydrogen) atoms. The smallest absolute Gasteiger partial charge is 0.270 e. The molecule has 0 atom stereocenters. The second-order valence-corrected chi connectivity index (χ2v) is 9.73. The van der Waals surface area contributed by atoms with Gasteiger partial charge in [-0.15, -0.1) is 0 Å². The zero-order valence-electron chi connectivity index (χ0n) is 18.6. The number of piperidine rings is 2. The highest BCUT2D eigenvalue weighted by Gasteiger charge is 2.36. The summed E-state index contributed by atoms with van der Waals surface area (Å²) < 4.78 is 0.961. The molecule has 2 saturated heterocycles. The number of likely N-dealkylation sites (tertiary alicyclic amines) is 1. The Morgan fingerprint density at radius 2 is 1.67 bits per heavy atom. The monoisotopic (exact) mass is 511 g/mol. The molecule has 4 rings (SSSR count). The summed E-state index contributed by atoms with van der Waals surface area (Å²) in [5, 5.41) is 17.4. The molecule has 2 fully saturated rings. The number of nitrogens with one attached hydrogen (secondary N) is 2. The molecule has 0 saturated carbocycles. The van der Waals surface area contributed by atoms with Crippen LogP contribution in [-0.4, -0.2) is 48.0 Å². The standard InChI is InChI=1S/C26H30BrN3O3/c27-22-8-6-21(7-9-22)26(33)12-16-30(17-13-26)25(32)23(18-19-4-2-1-3-5-19)29-24(31)20-10-14-28-15-11-20/h1-9,18,20,28,33H,10-17H2,(H,29,31)/b23-18-. The van der Waals surface area contributed by atoms with E-state index in [1.165, 1.54) is 0 Å². The Hall–Kier alpha value is -2.48. The molecule has 7 heteroatoms. The predicted molar refractivity (Wildman–Crippen MR) is 132 cm³/mol.